The standard InChI is InChI=1S/C20H20ClN3O2/c21-18-13(20(25)23-14-10-24-7-5-11(14)6-8-24)9-16-17(19(18)22)12-3-1-2-4-15(12)26-16/h1-4,9,11,14H,5-8,10,22H2,(H,23,25). The van der Waals surface area contributed by atoms with Crippen molar-refractivity contribution < 1.29 is 9.21 Å². The number of nitrogens with two attached hydrogens (primary N) is 1. The van der Waals surface area contributed by atoms with E-state index in [0.717, 1.165) is 48.8 Å². The second-order valence-corrected chi connectivity index (χ2v) is 7.72. The SMILES string of the molecule is Nc1c(Cl)c(C(=O)NC2CN3CCC2CC3)cc2oc3ccccc3c12. The van der Waals surface area contributed by atoms with E-state index in [2.05, 4.69) is 10.2 Å². The van der Waals surface area contributed by atoms with Gasteiger partial charge in [-0.25, -0.2) is 0 Å². The van der Waals surface area contributed by atoms with Crippen LogP contribution < -0.4 is 11.1 Å². The fraction of sp³-hybridized carbons (Fsp3) is 0.350. The fourth-order valence-electron chi connectivity index (χ4n) is 4.43. The van der Waals surface area contributed by atoms with Gasteiger partial charge in [-0.05, 0) is 44.0 Å². The number of benzene rings is 2. The molecule has 0 radical (unpaired) electrons. The molecule has 3 saturated heterocycles. The molecule has 1 amide bonds. The second-order valence-electron chi connectivity index (χ2n) is 7.34. The van der Waals surface area contributed by atoms with E-state index in [1.165, 1.54) is 0 Å². The van der Waals surface area contributed by atoms with E-state index in [9.17, 15) is 4.79 Å². The van der Waals surface area contributed by atoms with Crippen molar-refractivity contribution in [1.29, 1.82) is 0 Å². The fourth-order valence-corrected chi connectivity index (χ4v) is 4.67. The van der Waals surface area contributed by atoms with Gasteiger partial charge in [-0.1, -0.05) is 29.8 Å². The highest BCUT2D eigenvalue weighted by Crippen LogP contribution is 2.39. The zero-order valence-electron chi connectivity index (χ0n) is 14.3. The maximum atomic E-state index is 12.9. The number of rotatable bonds is 2. The highest BCUT2D eigenvalue weighted by Gasteiger charge is 2.35. The molecule has 0 aliphatic carbocycles. The van der Waals surface area contributed by atoms with Crippen molar-refractivity contribution in [1.82, 2.24) is 10.2 Å². The first-order valence-corrected chi connectivity index (χ1v) is 9.42. The van der Waals surface area contributed by atoms with Gasteiger partial charge in [0.1, 0.15) is 11.2 Å². The quantitative estimate of drug-likeness (QED) is 0.676. The molecule has 3 aromatic rings. The lowest BCUT2D eigenvalue weighted by Gasteiger charge is -2.44. The molecule has 1 aromatic heterocycles. The second kappa shape index (κ2) is 5.89. The van der Waals surface area contributed by atoms with Crippen LogP contribution in [0.15, 0.2) is 34.7 Å². The Morgan fingerprint density at radius 2 is 2.00 bits per heavy atom. The number of nitrogens with zero attached hydrogens (tertiary/aromatic N) is 1. The van der Waals surface area contributed by atoms with E-state index in [-0.39, 0.29) is 11.9 Å². The molecule has 3 aliphatic heterocycles. The normalized spacial score (nSPS) is 25.0. The van der Waals surface area contributed by atoms with Crippen molar-refractivity contribution in [2.24, 2.45) is 5.92 Å². The van der Waals surface area contributed by atoms with Crippen molar-refractivity contribution in [2.75, 3.05) is 25.4 Å². The smallest absolute Gasteiger partial charge is 0.253 e. The zero-order valence-corrected chi connectivity index (χ0v) is 15.1. The summed E-state index contributed by atoms with van der Waals surface area (Å²) < 4.78 is 5.89. The van der Waals surface area contributed by atoms with Gasteiger partial charge >= 0.3 is 0 Å². The molecule has 0 saturated carbocycles. The number of nitrogens with one attached hydrogen (secondary N) is 1. The summed E-state index contributed by atoms with van der Waals surface area (Å²) >= 11 is 6.48. The van der Waals surface area contributed by atoms with Gasteiger partial charge in [0.25, 0.3) is 5.91 Å². The van der Waals surface area contributed by atoms with Crippen LogP contribution in [-0.4, -0.2) is 36.5 Å². The molecule has 26 heavy (non-hydrogen) atoms. The van der Waals surface area contributed by atoms with Crippen molar-refractivity contribution in [2.45, 2.75) is 18.9 Å². The van der Waals surface area contributed by atoms with Crippen molar-refractivity contribution >= 4 is 45.1 Å². The molecule has 6 heteroatoms. The van der Waals surface area contributed by atoms with Crippen LogP contribution in [0.4, 0.5) is 5.69 Å². The van der Waals surface area contributed by atoms with Gasteiger partial charge < -0.3 is 20.4 Å². The molecule has 3 fully saturated rings. The van der Waals surface area contributed by atoms with Crippen LogP contribution in [0.1, 0.15) is 23.2 Å². The molecule has 6 rings (SSSR count). The van der Waals surface area contributed by atoms with Crippen LogP contribution in [0.2, 0.25) is 5.02 Å². The molecular weight excluding hydrogens is 350 g/mol. The average Bonchev–Trinajstić information content (AvgIpc) is 3.04. The van der Waals surface area contributed by atoms with Gasteiger partial charge in [0.15, 0.2) is 0 Å². The Labute approximate surface area is 156 Å². The molecule has 1 unspecified atom stereocenters. The third kappa shape index (κ3) is 2.38. The minimum Gasteiger partial charge on any atom is -0.456 e. The zero-order chi connectivity index (χ0) is 17.8. The summed E-state index contributed by atoms with van der Waals surface area (Å²) in [5.41, 5.74) is 8.39. The first-order chi connectivity index (χ1) is 12.6. The predicted octanol–water partition coefficient (Wildman–Crippen LogP) is 3.65. The lowest BCUT2D eigenvalue weighted by Crippen LogP contribution is -2.57. The molecule has 5 nitrogen and oxygen atoms in total. The Morgan fingerprint density at radius 3 is 2.73 bits per heavy atom. The topological polar surface area (TPSA) is 71.5 Å². The Hall–Kier alpha value is -2.24. The van der Waals surface area contributed by atoms with Gasteiger partial charge in [0.2, 0.25) is 0 Å². The van der Waals surface area contributed by atoms with Gasteiger partial charge in [0.05, 0.1) is 21.7 Å². The maximum Gasteiger partial charge on any atom is 0.253 e. The number of piperidine rings is 3. The van der Waals surface area contributed by atoms with Gasteiger partial charge in [0, 0.05) is 18.0 Å². The number of hydrogen-bond donors (Lipinski definition) is 2. The summed E-state index contributed by atoms with van der Waals surface area (Å²) in [5.74, 6) is 0.373. The lowest BCUT2D eigenvalue weighted by molar-refractivity contribution is 0.0620. The molecule has 3 N–H and O–H groups in total. The number of carbonyl (C=O) groups is 1. The number of furan rings is 1. The monoisotopic (exact) mass is 369 g/mol. The number of halogens is 1. The third-order valence-corrected chi connectivity index (χ3v) is 6.26. The van der Waals surface area contributed by atoms with E-state index < -0.39 is 0 Å². The number of carbonyl (C=O) groups excluding carboxylic acids is 1. The van der Waals surface area contributed by atoms with Crippen LogP contribution in [-0.2, 0) is 0 Å². The van der Waals surface area contributed by atoms with Gasteiger partial charge in [-0.2, -0.15) is 0 Å². The van der Waals surface area contributed by atoms with E-state index >= 15 is 0 Å². The van der Waals surface area contributed by atoms with Crippen molar-refractivity contribution in [3.63, 3.8) is 0 Å². The molecule has 2 aromatic carbocycles. The first-order valence-electron chi connectivity index (χ1n) is 9.04. The minimum atomic E-state index is -0.178. The molecule has 3 aliphatic rings. The third-order valence-electron chi connectivity index (χ3n) is 5.86. The summed E-state index contributed by atoms with van der Waals surface area (Å²) in [4.78, 5) is 15.3. The Morgan fingerprint density at radius 1 is 1.23 bits per heavy atom. The lowest BCUT2D eigenvalue weighted by atomic mass is 9.84. The van der Waals surface area contributed by atoms with Crippen LogP contribution >= 0.6 is 11.6 Å². The minimum absolute atomic E-state index is 0.175. The maximum absolute atomic E-state index is 12.9. The molecule has 1 atom stereocenters. The van der Waals surface area contributed by atoms with Crippen LogP contribution in [0.5, 0.6) is 0 Å². The highest BCUT2D eigenvalue weighted by molar-refractivity contribution is 6.39. The number of hydrogen-bond acceptors (Lipinski definition) is 4. The van der Waals surface area contributed by atoms with E-state index in [1.54, 1.807) is 6.07 Å². The summed E-state index contributed by atoms with van der Waals surface area (Å²) in [7, 11) is 0. The molecular formula is C20H20ClN3O2. The summed E-state index contributed by atoms with van der Waals surface area (Å²) in [6.07, 6.45) is 2.28. The molecule has 134 valence electrons. The number of amides is 1. The van der Waals surface area contributed by atoms with Crippen LogP contribution in [0.3, 0.4) is 0 Å². The summed E-state index contributed by atoms with van der Waals surface area (Å²) in [6.45, 7) is 3.18. The largest absolute Gasteiger partial charge is 0.456 e. The Kier molecular flexibility index (Phi) is 3.62. The number of anilines is 1. The molecule has 2 bridgehead atoms. The van der Waals surface area contributed by atoms with Crippen LogP contribution in [0.25, 0.3) is 21.9 Å². The van der Waals surface area contributed by atoms with Crippen molar-refractivity contribution in [3.8, 4) is 0 Å². The van der Waals surface area contributed by atoms with E-state index in [1.807, 2.05) is 24.3 Å². The van der Waals surface area contributed by atoms with Crippen molar-refractivity contribution in [3.05, 3.63) is 40.9 Å². The van der Waals surface area contributed by atoms with Gasteiger partial charge in [-0.15, -0.1) is 0 Å². The number of para-hydroxylation sites is 1. The Bertz CT molecular complexity index is 1020. The Balaban J connectivity index is 1.53. The van der Waals surface area contributed by atoms with Gasteiger partial charge in [-0.3, -0.25) is 4.79 Å². The van der Waals surface area contributed by atoms with Crippen LogP contribution in [0, 0.1) is 5.92 Å². The van der Waals surface area contributed by atoms with E-state index in [4.69, 9.17) is 21.8 Å². The molecule has 0 spiro atoms. The number of nitrogen functional groups attached to an aromatic ring is 1. The van der Waals surface area contributed by atoms with E-state index in [0.29, 0.717) is 27.8 Å². The molecule has 4 heterocycles. The first kappa shape index (κ1) is 16.0. The predicted molar refractivity (Wildman–Crippen MR) is 104 cm³/mol. The summed E-state index contributed by atoms with van der Waals surface area (Å²) in [6, 6.07) is 9.55. The number of fused-ring (bicyclic) bond motifs is 6. The average molecular weight is 370 g/mol. The summed E-state index contributed by atoms with van der Waals surface area (Å²) in [5, 5.41) is 5.14. The highest BCUT2D eigenvalue weighted by atomic mass is 35.5.